The number of fused-ring (bicyclic) bond motifs is 1. The Labute approximate surface area is 110 Å². The van der Waals surface area contributed by atoms with Crippen molar-refractivity contribution in [1.29, 1.82) is 0 Å². The lowest BCUT2D eigenvalue weighted by Gasteiger charge is -2.09. The maximum absolute atomic E-state index is 5.90. The monoisotopic (exact) mass is 251 g/mol. The molecule has 0 unspecified atom stereocenters. The fourth-order valence-electron chi connectivity index (χ4n) is 2.20. The van der Waals surface area contributed by atoms with Crippen LogP contribution < -0.4 is 11.5 Å². The molecule has 0 amide bonds. The highest BCUT2D eigenvalue weighted by molar-refractivity contribution is 5.98. The molecule has 94 valence electrons. The van der Waals surface area contributed by atoms with E-state index in [1.165, 1.54) is 0 Å². The van der Waals surface area contributed by atoms with Crippen molar-refractivity contribution in [3.05, 3.63) is 42.0 Å². The topological polar surface area (TPSA) is 90.7 Å². The summed E-state index contributed by atoms with van der Waals surface area (Å²) in [5, 5.41) is 10.1. The van der Waals surface area contributed by atoms with Gasteiger partial charge in [-0.25, -0.2) is 0 Å². The zero-order valence-electron chi connectivity index (χ0n) is 10.5. The molecule has 3 aromatic rings. The van der Waals surface area contributed by atoms with Crippen LogP contribution in [-0.4, -0.2) is 15.2 Å². The van der Waals surface area contributed by atoms with Crippen molar-refractivity contribution in [2.24, 2.45) is 0 Å². The van der Waals surface area contributed by atoms with Gasteiger partial charge in [-0.05, 0) is 29.3 Å². The van der Waals surface area contributed by atoms with Crippen molar-refractivity contribution < 1.29 is 0 Å². The number of hydrogen-bond donors (Lipinski definition) is 2. The Balaban J connectivity index is 2.35. The van der Waals surface area contributed by atoms with E-state index in [0.717, 1.165) is 21.9 Å². The third-order valence-corrected chi connectivity index (χ3v) is 2.99. The molecule has 0 aliphatic carbocycles. The minimum absolute atomic E-state index is 0.0817. The Morgan fingerprint density at radius 1 is 1.00 bits per heavy atom. The molecule has 19 heavy (non-hydrogen) atoms. The maximum Gasteiger partial charge on any atom is 0.242 e. The number of nitrogen functional groups attached to an aromatic ring is 2. The SMILES string of the molecule is Cc1cc(-c2nnc(N)nc2N)c2ccccc2c1. The van der Waals surface area contributed by atoms with E-state index in [0.29, 0.717) is 11.5 Å². The minimum atomic E-state index is 0.0817. The van der Waals surface area contributed by atoms with E-state index in [1.54, 1.807) is 0 Å². The van der Waals surface area contributed by atoms with Gasteiger partial charge in [0.15, 0.2) is 5.82 Å². The van der Waals surface area contributed by atoms with E-state index in [1.807, 2.05) is 31.2 Å². The molecule has 3 rings (SSSR count). The van der Waals surface area contributed by atoms with Gasteiger partial charge < -0.3 is 11.5 Å². The second-order valence-corrected chi connectivity index (χ2v) is 4.44. The molecule has 5 heteroatoms. The van der Waals surface area contributed by atoms with E-state index < -0.39 is 0 Å². The summed E-state index contributed by atoms with van der Waals surface area (Å²) in [6.07, 6.45) is 0. The van der Waals surface area contributed by atoms with Crippen molar-refractivity contribution in [1.82, 2.24) is 15.2 Å². The van der Waals surface area contributed by atoms with E-state index in [9.17, 15) is 0 Å². The molecular formula is C14H13N5. The summed E-state index contributed by atoms with van der Waals surface area (Å²) < 4.78 is 0. The quantitative estimate of drug-likeness (QED) is 0.691. The van der Waals surface area contributed by atoms with Gasteiger partial charge in [-0.15, -0.1) is 10.2 Å². The van der Waals surface area contributed by atoms with Crippen molar-refractivity contribution in [3.63, 3.8) is 0 Å². The van der Waals surface area contributed by atoms with Crippen molar-refractivity contribution >= 4 is 22.5 Å². The van der Waals surface area contributed by atoms with E-state index in [-0.39, 0.29) is 5.95 Å². The Morgan fingerprint density at radius 2 is 1.79 bits per heavy atom. The predicted octanol–water partition coefficient (Wildman–Crippen LogP) is 2.16. The van der Waals surface area contributed by atoms with Gasteiger partial charge >= 0.3 is 0 Å². The largest absolute Gasteiger partial charge is 0.382 e. The lowest BCUT2D eigenvalue weighted by Crippen LogP contribution is -2.04. The summed E-state index contributed by atoms with van der Waals surface area (Å²) >= 11 is 0. The van der Waals surface area contributed by atoms with E-state index >= 15 is 0 Å². The first-order valence-corrected chi connectivity index (χ1v) is 5.90. The third kappa shape index (κ3) is 1.95. The highest BCUT2D eigenvalue weighted by Crippen LogP contribution is 2.31. The van der Waals surface area contributed by atoms with Crippen molar-refractivity contribution in [2.45, 2.75) is 6.92 Å². The molecule has 0 atom stereocenters. The number of nitrogens with zero attached hydrogens (tertiary/aromatic N) is 3. The molecule has 0 saturated heterocycles. The Morgan fingerprint density at radius 3 is 2.58 bits per heavy atom. The van der Waals surface area contributed by atoms with Crippen LogP contribution in [0.1, 0.15) is 5.56 Å². The zero-order chi connectivity index (χ0) is 13.4. The molecule has 1 aromatic heterocycles. The Kier molecular flexibility index (Phi) is 2.52. The van der Waals surface area contributed by atoms with Crippen LogP contribution in [0.2, 0.25) is 0 Å². The van der Waals surface area contributed by atoms with Gasteiger partial charge in [0, 0.05) is 5.56 Å². The second-order valence-electron chi connectivity index (χ2n) is 4.44. The van der Waals surface area contributed by atoms with Gasteiger partial charge in [-0.1, -0.05) is 30.3 Å². The summed E-state index contributed by atoms with van der Waals surface area (Å²) in [6, 6.07) is 12.2. The van der Waals surface area contributed by atoms with Gasteiger partial charge in [-0.2, -0.15) is 4.98 Å². The van der Waals surface area contributed by atoms with Crippen LogP contribution >= 0.6 is 0 Å². The van der Waals surface area contributed by atoms with Crippen LogP contribution in [0.3, 0.4) is 0 Å². The molecular weight excluding hydrogens is 238 g/mol. The lowest BCUT2D eigenvalue weighted by molar-refractivity contribution is 1.00. The molecule has 0 aliphatic rings. The highest BCUT2D eigenvalue weighted by Gasteiger charge is 2.11. The minimum Gasteiger partial charge on any atom is -0.382 e. The van der Waals surface area contributed by atoms with Gasteiger partial charge in [0.2, 0.25) is 5.95 Å². The first-order valence-electron chi connectivity index (χ1n) is 5.90. The van der Waals surface area contributed by atoms with Gasteiger partial charge in [0.1, 0.15) is 5.69 Å². The average Bonchev–Trinajstić information content (AvgIpc) is 2.38. The summed E-state index contributed by atoms with van der Waals surface area (Å²) in [5.41, 5.74) is 14.0. The summed E-state index contributed by atoms with van der Waals surface area (Å²) in [4.78, 5) is 3.97. The van der Waals surface area contributed by atoms with Crippen molar-refractivity contribution in [2.75, 3.05) is 11.5 Å². The normalized spacial score (nSPS) is 10.8. The van der Waals surface area contributed by atoms with Crippen LogP contribution in [0, 0.1) is 6.92 Å². The molecule has 0 spiro atoms. The molecule has 5 nitrogen and oxygen atoms in total. The summed E-state index contributed by atoms with van der Waals surface area (Å²) in [6.45, 7) is 2.03. The number of aryl methyl sites for hydroxylation is 1. The van der Waals surface area contributed by atoms with Crippen LogP contribution in [0.4, 0.5) is 11.8 Å². The van der Waals surface area contributed by atoms with Crippen LogP contribution in [0.5, 0.6) is 0 Å². The maximum atomic E-state index is 5.90. The number of aromatic nitrogens is 3. The molecule has 1 heterocycles. The fourth-order valence-corrected chi connectivity index (χ4v) is 2.20. The van der Waals surface area contributed by atoms with Crippen LogP contribution in [0.15, 0.2) is 36.4 Å². The van der Waals surface area contributed by atoms with Crippen LogP contribution in [0.25, 0.3) is 22.0 Å². The second kappa shape index (κ2) is 4.20. The van der Waals surface area contributed by atoms with Crippen LogP contribution in [-0.2, 0) is 0 Å². The lowest BCUT2D eigenvalue weighted by atomic mass is 9.99. The molecule has 4 N–H and O–H groups in total. The number of anilines is 2. The first-order chi connectivity index (χ1) is 9.15. The number of benzene rings is 2. The molecule has 0 aliphatic heterocycles. The van der Waals surface area contributed by atoms with Gasteiger partial charge in [0.05, 0.1) is 0 Å². The third-order valence-electron chi connectivity index (χ3n) is 2.99. The Hall–Kier alpha value is -2.69. The fraction of sp³-hybridized carbons (Fsp3) is 0.0714. The summed E-state index contributed by atoms with van der Waals surface area (Å²) in [5.74, 6) is 0.376. The molecule has 2 aromatic carbocycles. The highest BCUT2D eigenvalue weighted by atomic mass is 15.2. The molecule has 0 fully saturated rings. The number of rotatable bonds is 1. The smallest absolute Gasteiger partial charge is 0.242 e. The molecule has 0 radical (unpaired) electrons. The van der Waals surface area contributed by atoms with E-state index in [2.05, 4.69) is 27.3 Å². The molecule has 0 bridgehead atoms. The standard InChI is InChI=1S/C14H13N5/c1-8-6-9-4-2-3-5-10(9)11(7-8)12-13(15)17-14(16)19-18-12/h2-7H,1H3,(H4,15,16,17,19). The van der Waals surface area contributed by atoms with Crippen molar-refractivity contribution in [3.8, 4) is 11.3 Å². The van der Waals surface area contributed by atoms with Gasteiger partial charge in [0.25, 0.3) is 0 Å². The first kappa shape index (κ1) is 11.4. The predicted molar refractivity (Wildman–Crippen MR) is 76.3 cm³/mol. The average molecular weight is 251 g/mol. The van der Waals surface area contributed by atoms with Gasteiger partial charge in [-0.3, -0.25) is 0 Å². The number of hydrogen-bond acceptors (Lipinski definition) is 5. The van der Waals surface area contributed by atoms with E-state index in [4.69, 9.17) is 11.5 Å². The Bertz CT molecular complexity index is 767. The summed E-state index contributed by atoms with van der Waals surface area (Å²) in [7, 11) is 0. The molecule has 0 saturated carbocycles. The number of nitrogens with two attached hydrogens (primary N) is 2. The zero-order valence-corrected chi connectivity index (χ0v) is 10.5.